The molecule has 0 heterocycles. The summed E-state index contributed by atoms with van der Waals surface area (Å²) in [5.74, 6) is 0.785. The van der Waals surface area contributed by atoms with Gasteiger partial charge in [-0.1, -0.05) is 11.6 Å². The van der Waals surface area contributed by atoms with E-state index in [1.165, 1.54) is 0 Å². The third-order valence-electron chi connectivity index (χ3n) is 2.11. The summed E-state index contributed by atoms with van der Waals surface area (Å²) in [4.78, 5) is 0. The number of nitrogens with zero attached hydrogens (tertiary/aromatic N) is 1. The molecule has 0 spiro atoms. The fourth-order valence-corrected chi connectivity index (χ4v) is 1.14. The Balaban J connectivity index is 2.39. The van der Waals surface area contributed by atoms with Gasteiger partial charge < -0.3 is 4.74 Å². The van der Waals surface area contributed by atoms with E-state index in [0.29, 0.717) is 18.1 Å². The zero-order valence-electron chi connectivity index (χ0n) is 8.96. The number of hydrogen-bond acceptors (Lipinski definition) is 2. The minimum atomic E-state index is -0.327. The Bertz CT molecular complexity index is 351. The van der Waals surface area contributed by atoms with Gasteiger partial charge in [-0.15, -0.1) is 0 Å². The van der Waals surface area contributed by atoms with Crippen LogP contribution in [0.4, 0.5) is 0 Å². The van der Waals surface area contributed by atoms with Gasteiger partial charge in [0.05, 0.1) is 18.1 Å². The van der Waals surface area contributed by atoms with Crippen LogP contribution in [-0.2, 0) is 0 Å². The Morgan fingerprint density at radius 2 is 1.93 bits per heavy atom. The maximum Gasteiger partial charge on any atom is 0.119 e. The lowest BCUT2D eigenvalue weighted by molar-refractivity contribution is 0.264. The molecule has 2 nitrogen and oxygen atoms in total. The minimum absolute atomic E-state index is 0.327. The second-order valence-electron chi connectivity index (χ2n) is 4.05. The molecule has 0 N–H and O–H groups in total. The number of halogens is 1. The van der Waals surface area contributed by atoms with Crippen molar-refractivity contribution >= 4 is 11.6 Å². The van der Waals surface area contributed by atoms with Gasteiger partial charge in [0.25, 0.3) is 0 Å². The summed E-state index contributed by atoms with van der Waals surface area (Å²) in [7, 11) is 0. The quantitative estimate of drug-likeness (QED) is 0.781. The van der Waals surface area contributed by atoms with Crippen molar-refractivity contribution in [3.05, 3.63) is 29.3 Å². The van der Waals surface area contributed by atoms with Crippen molar-refractivity contribution in [1.82, 2.24) is 0 Å². The van der Waals surface area contributed by atoms with E-state index < -0.39 is 0 Å². The Labute approximate surface area is 95.4 Å². The average Bonchev–Trinajstić information content (AvgIpc) is 2.21. The topological polar surface area (TPSA) is 33.0 Å². The summed E-state index contributed by atoms with van der Waals surface area (Å²) in [6.07, 6.45) is 0.714. The molecule has 0 atom stereocenters. The molecule has 0 unspecified atom stereocenters. The number of benzene rings is 1. The van der Waals surface area contributed by atoms with Gasteiger partial charge >= 0.3 is 0 Å². The Morgan fingerprint density at radius 3 is 2.47 bits per heavy atom. The molecule has 15 heavy (non-hydrogen) atoms. The molecule has 3 heteroatoms. The van der Waals surface area contributed by atoms with Gasteiger partial charge in [-0.25, -0.2) is 0 Å². The molecule has 0 saturated heterocycles. The highest BCUT2D eigenvalue weighted by atomic mass is 35.5. The third-order valence-corrected chi connectivity index (χ3v) is 2.36. The van der Waals surface area contributed by atoms with Gasteiger partial charge in [-0.3, -0.25) is 0 Å². The van der Waals surface area contributed by atoms with E-state index in [-0.39, 0.29) is 5.41 Å². The van der Waals surface area contributed by atoms with Crippen molar-refractivity contribution in [3.8, 4) is 11.8 Å². The average molecular weight is 224 g/mol. The van der Waals surface area contributed by atoms with Gasteiger partial charge in [0.2, 0.25) is 0 Å². The van der Waals surface area contributed by atoms with Crippen molar-refractivity contribution in [2.45, 2.75) is 20.3 Å². The van der Waals surface area contributed by atoms with Crippen LogP contribution in [0.3, 0.4) is 0 Å². The predicted octanol–water partition coefficient (Wildman–Crippen LogP) is 3.66. The van der Waals surface area contributed by atoms with E-state index in [0.717, 1.165) is 5.75 Å². The minimum Gasteiger partial charge on any atom is -0.494 e. The lowest BCUT2D eigenvalue weighted by atomic mass is 9.92. The molecule has 0 aromatic heterocycles. The van der Waals surface area contributed by atoms with Gasteiger partial charge in [0, 0.05) is 5.02 Å². The first kappa shape index (κ1) is 11.9. The third kappa shape index (κ3) is 4.22. The SMILES string of the molecule is CC(C)(C#N)CCOc1ccc(Cl)cc1. The van der Waals surface area contributed by atoms with Crippen LogP contribution in [0.25, 0.3) is 0 Å². The summed E-state index contributed by atoms with van der Waals surface area (Å²) < 4.78 is 5.49. The summed E-state index contributed by atoms with van der Waals surface area (Å²) in [6, 6.07) is 9.45. The van der Waals surface area contributed by atoms with E-state index in [2.05, 4.69) is 6.07 Å². The molecule has 80 valence electrons. The fraction of sp³-hybridized carbons (Fsp3) is 0.417. The fourth-order valence-electron chi connectivity index (χ4n) is 1.01. The highest BCUT2D eigenvalue weighted by Gasteiger charge is 2.16. The van der Waals surface area contributed by atoms with Crippen molar-refractivity contribution in [3.63, 3.8) is 0 Å². The molecule has 1 rings (SSSR count). The van der Waals surface area contributed by atoms with E-state index >= 15 is 0 Å². The Morgan fingerprint density at radius 1 is 1.33 bits per heavy atom. The summed E-state index contributed by atoms with van der Waals surface area (Å²) in [6.45, 7) is 4.35. The number of hydrogen-bond donors (Lipinski definition) is 0. The van der Waals surface area contributed by atoms with Crippen molar-refractivity contribution < 1.29 is 4.74 Å². The van der Waals surface area contributed by atoms with Crippen LogP contribution in [-0.4, -0.2) is 6.61 Å². The molecule has 0 fully saturated rings. The second kappa shape index (κ2) is 5.04. The predicted molar refractivity (Wildman–Crippen MR) is 61.0 cm³/mol. The highest BCUT2D eigenvalue weighted by molar-refractivity contribution is 6.30. The number of ether oxygens (including phenoxy) is 1. The zero-order chi connectivity index (χ0) is 11.3. The van der Waals surface area contributed by atoms with Crippen LogP contribution in [0, 0.1) is 16.7 Å². The van der Waals surface area contributed by atoms with Crippen LogP contribution in [0.1, 0.15) is 20.3 Å². The summed E-state index contributed by atoms with van der Waals surface area (Å²) in [5.41, 5.74) is -0.327. The Kier molecular flexibility index (Phi) is 3.99. The maximum absolute atomic E-state index is 8.80. The van der Waals surface area contributed by atoms with Crippen LogP contribution in [0.5, 0.6) is 5.75 Å². The lowest BCUT2D eigenvalue weighted by Gasteiger charge is -2.15. The molecular formula is C12H14ClNO. The molecule has 0 amide bonds. The highest BCUT2D eigenvalue weighted by Crippen LogP contribution is 2.20. The van der Waals surface area contributed by atoms with Crippen molar-refractivity contribution in [2.75, 3.05) is 6.61 Å². The lowest BCUT2D eigenvalue weighted by Crippen LogP contribution is -2.13. The van der Waals surface area contributed by atoms with Crippen LogP contribution < -0.4 is 4.74 Å². The van der Waals surface area contributed by atoms with Gasteiger partial charge in [0.15, 0.2) is 0 Å². The molecular weight excluding hydrogens is 210 g/mol. The molecule has 0 aliphatic carbocycles. The smallest absolute Gasteiger partial charge is 0.119 e. The first-order chi connectivity index (χ1) is 7.03. The van der Waals surface area contributed by atoms with E-state index in [1.54, 1.807) is 12.1 Å². The van der Waals surface area contributed by atoms with E-state index in [9.17, 15) is 0 Å². The summed E-state index contributed by atoms with van der Waals surface area (Å²) in [5, 5.41) is 9.50. The molecule has 1 aromatic carbocycles. The molecule has 0 radical (unpaired) electrons. The van der Waals surface area contributed by atoms with Crippen molar-refractivity contribution in [1.29, 1.82) is 5.26 Å². The standard InChI is InChI=1S/C12H14ClNO/c1-12(2,9-14)7-8-15-11-5-3-10(13)4-6-11/h3-6H,7-8H2,1-2H3. The monoisotopic (exact) mass is 223 g/mol. The van der Waals surface area contributed by atoms with Crippen LogP contribution >= 0.6 is 11.6 Å². The molecule has 1 aromatic rings. The normalized spacial score (nSPS) is 10.8. The maximum atomic E-state index is 8.80. The van der Waals surface area contributed by atoms with Gasteiger partial charge in [-0.2, -0.15) is 5.26 Å². The molecule has 0 aliphatic heterocycles. The summed E-state index contributed by atoms with van der Waals surface area (Å²) >= 11 is 5.74. The zero-order valence-corrected chi connectivity index (χ0v) is 9.71. The van der Waals surface area contributed by atoms with E-state index in [1.807, 2.05) is 26.0 Å². The second-order valence-corrected chi connectivity index (χ2v) is 4.48. The van der Waals surface area contributed by atoms with Crippen molar-refractivity contribution in [2.24, 2.45) is 5.41 Å². The number of nitriles is 1. The molecule has 0 bridgehead atoms. The van der Waals surface area contributed by atoms with Gasteiger partial charge in [0.1, 0.15) is 5.75 Å². The first-order valence-electron chi connectivity index (χ1n) is 4.83. The van der Waals surface area contributed by atoms with Crippen LogP contribution in [0.15, 0.2) is 24.3 Å². The Hall–Kier alpha value is -1.20. The van der Waals surface area contributed by atoms with E-state index in [4.69, 9.17) is 21.6 Å². The van der Waals surface area contributed by atoms with Gasteiger partial charge in [-0.05, 0) is 44.5 Å². The first-order valence-corrected chi connectivity index (χ1v) is 5.21. The van der Waals surface area contributed by atoms with Crippen LogP contribution in [0.2, 0.25) is 5.02 Å². The molecule has 0 saturated carbocycles. The largest absolute Gasteiger partial charge is 0.494 e. The molecule has 0 aliphatic rings. The number of rotatable bonds is 4.